The van der Waals surface area contributed by atoms with Gasteiger partial charge in [-0.15, -0.1) is 0 Å². The zero-order valence-corrected chi connectivity index (χ0v) is 6.88. The molecule has 0 aliphatic heterocycles. The number of hydrogen-bond donors (Lipinski definition) is 1. The van der Waals surface area contributed by atoms with Gasteiger partial charge in [0.15, 0.2) is 0 Å². The molecule has 0 aromatic heterocycles. The van der Waals surface area contributed by atoms with Crippen molar-refractivity contribution in [3.05, 3.63) is 0 Å². The number of aliphatic hydroxyl groups excluding tert-OH is 1. The number of rotatable bonds is 0. The van der Waals surface area contributed by atoms with E-state index in [2.05, 4.69) is 12.1 Å². The normalized spacial score (nSPS) is 73.9. The second-order valence-electron chi connectivity index (χ2n) is 4.92. The van der Waals surface area contributed by atoms with E-state index in [1.54, 1.807) is 0 Å². The first-order chi connectivity index (χ1) is 6.29. The first kappa shape index (κ1) is 6.40. The zero-order valence-electron chi connectivity index (χ0n) is 6.88. The molecule has 0 spiro atoms. The molecular formula is C10H8N2O. The summed E-state index contributed by atoms with van der Waals surface area (Å²) in [6.45, 7) is 0. The van der Waals surface area contributed by atoms with Crippen molar-refractivity contribution in [2.75, 3.05) is 0 Å². The Kier molecular flexibility index (Phi) is 0.682. The molecule has 0 unspecified atom stereocenters. The van der Waals surface area contributed by atoms with Crippen LogP contribution in [0.4, 0.5) is 0 Å². The molecule has 0 aromatic rings. The Bertz CT molecular complexity index is 404. The van der Waals surface area contributed by atoms with Crippen LogP contribution in [0.15, 0.2) is 0 Å². The predicted octanol–water partition coefficient (Wildman–Crippen LogP) is 0.132. The number of nitriles is 2. The Morgan fingerprint density at radius 3 is 2.38 bits per heavy atom. The number of aliphatic hydroxyl groups is 1. The first-order valence-electron chi connectivity index (χ1n) is 4.78. The maximum atomic E-state index is 9.84. The highest BCUT2D eigenvalue weighted by molar-refractivity contribution is 5.49. The van der Waals surface area contributed by atoms with Crippen molar-refractivity contribution in [1.82, 2.24) is 0 Å². The Morgan fingerprint density at radius 1 is 1.08 bits per heavy atom. The highest BCUT2D eigenvalue weighted by Crippen LogP contribution is 2.94. The van der Waals surface area contributed by atoms with E-state index in [1.165, 1.54) is 0 Å². The van der Waals surface area contributed by atoms with Crippen molar-refractivity contribution in [3.8, 4) is 12.1 Å². The summed E-state index contributed by atoms with van der Waals surface area (Å²) in [6, 6.07) is 4.61. The van der Waals surface area contributed by atoms with Crippen molar-refractivity contribution in [2.24, 2.45) is 40.9 Å². The standard InChI is InChI=1S/C10H8N2O/c11-1-3-4-5(3)9(13)8-7-6(4)10(7,8)2-12/h3-9,13H/t3-,4-,5+,6+,7+,8+,9-,10+/m0/s1. The van der Waals surface area contributed by atoms with Crippen molar-refractivity contribution in [1.29, 1.82) is 10.5 Å². The topological polar surface area (TPSA) is 67.8 Å². The van der Waals surface area contributed by atoms with Gasteiger partial charge in [-0.2, -0.15) is 10.5 Å². The van der Waals surface area contributed by atoms with Crippen molar-refractivity contribution >= 4 is 0 Å². The Hall–Kier alpha value is -1.06. The minimum atomic E-state index is -0.343. The van der Waals surface area contributed by atoms with Crippen molar-refractivity contribution in [2.45, 2.75) is 6.10 Å². The molecule has 1 N–H and O–H groups in total. The van der Waals surface area contributed by atoms with E-state index < -0.39 is 0 Å². The summed E-state index contributed by atoms with van der Waals surface area (Å²) in [5.74, 6) is 1.84. The molecule has 5 aliphatic carbocycles. The minimum absolute atomic E-state index is 0.0604. The second-order valence-corrected chi connectivity index (χ2v) is 4.92. The van der Waals surface area contributed by atoms with Gasteiger partial charge in [0, 0.05) is 11.8 Å². The van der Waals surface area contributed by atoms with Crippen LogP contribution in [0, 0.1) is 63.6 Å². The fraction of sp³-hybridized carbons (Fsp3) is 0.800. The highest BCUT2D eigenvalue weighted by Gasteiger charge is 2.97. The lowest BCUT2D eigenvalue weighted by atomic mass is 9.81. The Labute approximate surface area is 75.6 Å². The van der Waals surface area contributed by atoms with E-state index in [4.69, 9.17) is 10.5 Å². The molecule has 2 bridgehead atoms. The van der Waals surface area contributed by atoms with Crippen LogP contribution in [0.25, 0.3) is 0 Å². The monoisotopic (exact) mass is 172 g/mol. The smallest absolute Gasteiger partial charge is 0.0700 e. The quantitative estimate of drug-likeness (QED) is 0.564. The second kappa shape index (κ2) is 1.38. The fourth-order valence-corrected chi connectivity index (χ4v) is 4.20. The zero-order chi connectivity index (χ0) is 8.96. The third-order valence-corrected chi connectivity index (χ3v) is 4.86. The Morgan fingerprint density at radius 2 is 1.85 bits per heavy atom. The van der Waals surface area contributed by atoms with Crippen LogP contribution in [0.2, 0.25) is 0 Å². The molecule has 5 rings (SSSR count). The van der Waals surface area contributed by atoms with Gasteiger partial charge in [0.1, 0.15) is 0 Å². The van der Waals surface area contributed by atoms with Crippen LogP contribution in [0.1, 0.15) is 0 Å². The van der Waals surface area contributed by atoms with Gasteiger partial charge in [-0.3, -0.25) is 0 Å². The van der Waals surface area contributed by atoms with Crippen LogP contribution in [0.5, 0.6) is 0 Å². The first-order valence-corrected chi connectivity index (χ1v) is 4.78. The molecule has 0 saturated heterocycles. The van der Waals surface area contributed by atoms with Gasteiger partial charge < -0.3 is 5.11 Å². The van der Waals surface area contributed by atoms with Crippen LogP contribution in [-0.4, -0.2) is 11.2 Å². The largest absolute Gasteiger partial charge is 0.392 e. The number of nitrogens with zero attached hydrogens (tertiary/aromatic N) is 2. The predicted molar refractivity (Wildman–Crippen MR) is 40.6 cm³/mol. The van der Waals surface area contributed by atoms with E-state index in [0.29, 0.717) is 17.8 Å². The molecule has 5 saturated carbocycles. The SMILES string of the molecule is N#C[C@@H]1[C@H]2[C@H](O)[C@H]3[C@H]4[C@@H]([C@@H]12)[C@]43C#N. The van der Waals surface area contributed by atoms with Gasteiger partial charge in [0.2, 0.25) is 0 Å². The van der Waals surface area contributed by atoms with Gasteiger partial charge in [0.25, 0.3) is 0 Å². The van der Waals surface area contributed by atoms with Gasteiger partial charge in [-0.05, 0) is 17.8 Å². The molecule has 8 atom stereocenters. The fourth-order valence-electron chi connectivity index (χ4n) is 4.20. The maximum absolute atomic E-state index is 9.84. The third-order valence-electron chi connectivity index (χ3n) is 4.86. The summed E-state index contributed by atoms with van der Waals surface area (Å²) in [5, 5.41) is 27.6. The molecule has 3 nitrogen and oxygen atoms in total. The highest BCUT2D eigenvalue weighted by atomic mass is 16.3. The van der Waals surface area contributed by atoms with Crippen LogP contribution < -0.4 is 0 Å². The lowest BCUT2D eigenvalue weighted by molar-refractivity contribution is 0.0493. The molecule has 13 heavy (non-hydrogen) atoms. The molecule has 64 valence electrons. The molecule has 5 aliphatic rings. The molecule has 5 fully saturated rings. The molecular weight excluding hydrogens is 164 g/mol. The molecule has 0 aromatic carbocycles. The van der Waals surface area contributed by atoms with Gasteiger partial charge in [0.05, 0.1) is 29.6 Å². The Balaban J connectivity index is 1.76. The lowest BCUT2D eigenvalue weighted by Crippen LogP contribution is -2.31. The average molecular weight is 172 g/mol. The van der Waals surface area contributed by atoms with E-state index in [0.717, 1.165) is 0 Å². The molecule has 0 heterocycles. The van der Waals surface area contributed by atoms with Gasteiger partial charge >= 0.3 is 0 Å². The number of hydrogen-bond acceptors (Lipinski definition) is 3. The average Bonchev–Trinajstić information content (AvgIpc) is 3.01. The summed E-state index contributed by atoms with van der Waals surface area (Å²) in [4.78, 5) is 0. The van der Waals surface area contributed by atoms with E-state index in [-0.39, 0.29) is 29.3 Å². The molecule has 0 amide bonds. The van der Waals surface area contributed by atoms with E-state index in [9.17, 15) is 5.11 Å². The van der Waals surface area contributed by atoms with Crippen molar-refractivity contribution in [3.63, 3.8) is 0 Å². The van der Waals surface area contributed by atoms with Crippen LogP contribution in [-0.2, 0) is 0 Å². The maximum Gasteiger partial charge on any atom is 0.0700 e. The van der Waals surface area contributed by atoms with E-state index in [1.807, 2.05) is 0 Å². The van der Waals surface area contributed by atoms with Gasteiger partial charge in [-0.25, -0.2) is 0 Å². The minimum Gasteiger partial charge on any atom is -0.392 e. The van der Waals surface area contributed by atoms with E-state index >= 15 is 0 Å². The summed E-state index contributed by atoms with van der Waals surface area (Å²) in [6.07, 6.45) is -0.343. The van der Waals surface area contributed by atoms with Crippen LogP contribution in [0.3, 0.4) is 0 Å². The van der Waals surface area contributed by atoms with Crippen molar-refractivity contribution < 1.29 is 5.11 Å². The van der Waals surface area contributed by atoms with Gasteiger partial charge in [-0.1, -0.05) is 0 Å². The third kappa shape index (κ3) is 0.380. The summed E-state index contributed by atoms with van der Waals surface area (Å²) < 4.78 is 0. The summed E-state index contributed by atoms with van der Waals surface area (Å²) in [5.41, 5.74) is -0.161. The lowest BCUT2D eigenvalue weighted by Gasteiger charge is -2.25. The summed E-state index contributed by atoms with van der Waals surface area (Å²) in [7, 11) is 0. The van der Waals surface area contributed by atoms with Crippen LogP contribution >= 0.6 is 0 Å². The summed E-state index contributed by atoms with van der Waals surface area (Å²) >= 11 is 0. The molecule has 3 heteroatoms. The molecule has 0 radical (unpaired) electrons.